The molecule has 1 unspecified atom stereocenters. The predicted octanol–water partition coefficient (Wildman–Crippen LogP) is 7.26. The molecule has 0 aliphatic heterocycles. The number of thioether (sulfide) groups is 1. The van der Waals surface area contributed by atoms with Gasteiger partial charge in [0.1, 0.15) is 0 Å². The lowest BCUT2D eigenvalue weighted by Crippen LogP contribution is -2.30. The average Bonchev–Trinajstić information content (AvgIpc) is 2.71. The Morgan fingerprint density at radius 2 is 1.87 bits per heavy atom. The summed E-state index contributed by atoms with van der Waals surface area (Å²) in [5.74, 6) is 0.489. The van der Waals surface area contributed by atoms with E-state index in [1.807, 2.05) is 12.1 Å². The second-order valence-corrected chi connectivity index (χ2v) is 9.84. The largest absolute Gasteiger partial charge is 0.355 e. The number of aryl methyl sites for hydroxylation is 3. The fraction of sp³-hybridized carbons (Fsp3) is 0.360. The van der Waals surface area contributed by atoms with Gasteiger partial charge in [0, 0.05) is 27.9 Å². The number of carbonyl (C=O) groups excluding carboxylic acids is 1. The SMILES string of the molecule is CCCC(CNC(=O)CSc1cc(C)c2cc(C)cc(C)c2n1)c1ccc(Cl)cc1Cl. The maximum atomic E-state index is 12.5. The van der Waals surface area contributed by atoms with E-state index >= 15 is 0 Å². The molecule has 0 saturated carbocycles. The summed E-state index contributed by atoms with van der Waals surface area (Å²) in [6.07, 6.45) is 1.95. The summed E-state index contributed by atoms with van der Waals surface area (Å²) in [6.45, 7) is 8.96. The maximum Gasteiger partial charge on any atom is 0.230 e. The third kappa shape index (κ3) is 6.15. The van der Waals surface area contributed by atoms with E-state index in [4.69, 9.17) is 28.2 Å². The van der Waals surface area contributed by atoms with Crippen LogP contribution in [0.25, 0.3) is 10.9 Å². The average molecular weight is 475 g/mol. The van der Waals surface area contributed by atoms with E-state index in [1.165, 1.54) is 28.3 Å². The molecule has 1 amide bonds. The molecule has 0 aliphatic rings. The molecule has 0 spiro atoms. The van der Waals surface area contributed by atoms with Crippen molar-refractivity contribution in [3.8, 4) is 0 Å². The van der Waals surface area contributed by atoms with E-state index in [9.17, 15) is 4.79 Å². The summed E-state index contributed by atoms with van der Waals surface area (Å²) in [7, 11) is 0. The molecule has 3 nitrogen and oxygen atoms in total. The number of benzene rings is 2. The Balaban J connectivity index is 1.64. The van der Waals surface area contributed by atoms with Crippen molar-refractivity contribution in [1.29, 1.82) is 0 Å². The molecule has 0 bridgehead atoms. The van der Waals surface area contributed by atoms with E-state index in [0.717, 1.165) is 34.5 Å². The van der Waals surface area contributed by atoms with Crippen molar-refractivity contribution >= 4 is 51.8 Å². The highest BCUT2D eigenvalue weighted by atomic mass is 35.5. The van der Waals surface area contributed by atoms with Gasteiger partial charge < -0.3 is 5.32 Å². The third-order valence-corrected chi connectivity index (χ3v) is 6.84. The van der Waals surface area contributed by atoms with Crippen LogP contribution in [0.4, 0.5) is 0 Å². The van der Waals surface area contributed by atoms with Crippen molar-refractivity contribution in [2.24, 2.45) is 0 Å². The van der Waals surface area contributed by atoms with Crippen molar-refractivity contribution < 1.29 is 4.79 Å². The smallest absolute Gasteiger partial charge is 0.230 e. The minimum absolute atomic E-state index is 0.00336. The first-order valence-electron chi connectivity index (χ1n) is 10.5. The van der Waals surface area contributed by atoms with Gasteiger partial charge in [0.05, 0.1) is 16.3 Å². The van der Waals surface area contributed by atoms with Gasteiger partial charge in [0.25, 0.3) is 0 Å². The lowest BCUT2D eigenvalue weighted by molar-refractivity contribution is -0.118. The number of halogens is 2. The Hall–Kier alpha value is -1.75. The number of nitrogens with one attached hydrogen (secondary N) is 1. The molecule has 164 valence electrons. The molecular weight excluding hydrogens is 447 g/mol. The molecule has 31 heavy (non-hydrogen) atoms. The zero-order valence-electron chi connectivity index (χ0n) is 18.4. The quantitative estimate of drug-likeness (QED) is 0.349. The number of amides is 1. The number of fused-ring (bicyclic) bond motifs is 1. The molecule has 3 rings (SSSR count). The topological polar surface area (TPSA) is 42.0 Å². The van der Waals surface area contributed by atoms with Gasteiger partial charge in [-0.3, -0.25) is 4.79 Å². The zero-order valence-corrected chi connectivity index (χ0v) is 20.7. The first-order chi connectivity index (χ1) is 14.8. The number of hydrogen-bond donors (Lipinski definition) is 1. The number of carbonyl (C=O) groups is 1. The van der Waals surface area contributed by atoms with E-state index in [0.29, 0.717) is 22.3 Å². The first kappa shape index (κ1) is 23.9. The number of nitrogens with zero attached hydrogens (tertiary/aromatic N) is 1. The van der Waals surface area contributed by atoms with Crippen LogP contribution in [0.2, 0.25) is 10.0 Å². The van der Waals surface area contributed by atoms with Crippen molar-refractivity contribution in [2.45, 2.75) is 51.5 Å². The summed E-state index contributed by atoms with van der Waals surface area (Å²) in [5, 5.41) is 6.38. The first-order valence-corrected chi connectivity index (χ1v) is 12.3. The van der Waals surface area contributed by atoms with Crippen molar-refractivity contribution in [2.75, 3.05) is 12.3 Å². The van der Waals surface area contributed by atoms with Crippen LogP contribution < -0.4 is 5.32 Å². The predicted molar refractivity (Wildman–Crippen MR) is 134 cm³/mol. The Labute approximate surface area is 198 Å². The molecule has 0 saturated heterocycles. The summed E-state index contributed by atoms with van der Waals surface area (Å²) in [6, 6.07) is 11.9. The Kier molecular flexibility index (Phi) is 8.26. The fourth-order valence-corrected chi connectivity index (χ4v) is 5.22. The van der Waals surface area contributed by atoms with Crippen LogP contribution in [0, 0.1) is 20.8 Å². The second-order valence-electron chi connectivity index (χ2n) is 8.00. The van der Waals surface area contributed by atoms with Crippen molar-refractivity contribution in [3.63, 3.8) is 0 Å². The van der Waals surface area contributed by atoms with Gasteiger partial charge in [0.2, 0.25) is 5.91 Å². The normalized spacial score (nSPS) is 12.2. The standard InChI is InChI=1S/C25H28Cl2N2OS/c1-5-6-18(20-8-7-19(26)12-22(20)27)13-28-23(30)14-31-24-11-16(3)21-10-15(2)9-17(4)25(21)29-24/h7-12,18H,5-6,13-14H2,1-4H3,(H,28,30). The Morgan fingerprint density at radius 1 is 1.10 bits per heavy atom. The fourth-order valence-electron chi connectivity index (χ4n) is 3.86. The summed E-state index contributed by atoms with van der Waals surface area (Å²) in [5.41, 5.74) is 5.61. The molecule has 6 heteroatoms. The molecule has 1 aromatic heterocycles. The van der Waals surface area contributed by atoms with Crippen LogP contribution in [0.1, 0.15) is 47.9 Å². The second kappa shape index (κ2) is 10.7. The highest BCUT2D eigenvalue weighted by Gasteiger charge is 2.16. The minimum Gasteiger partial charge on any atom is -0.355 e. The third-order valence-electron chi connectivity index (χ3n) is 5.37. The number of aromatic nitrogens is 1. The summed E-state index contributed by atoms with van der Waals surface area (Å²) in [4.78, 5) is 17.3. The molecule has 1 atom stereocenters. The lowest BCUT2D eigenvalue weighted by Gasteiger charge is -2.19. The van der Waals surface area contributed by atoms with Gasteiger partial charge in [-0.1, -0.05) is 66.0 Å². The van der Waals surface area contributed by atoms with Gasteiger partial charge in [0.15, 0.2) is 0 Å². The zero-order chi connectivity index (χ0) is 22.5. The molecule has 0 fully saturated rings. The van der Waals surface area contributed by atoms with Gasteiger partial charge >= 0.3 is 0 Å². The van der Waals surface area contributed by atoms with Gasteiger partial charge in [-0.2, -0.15) is 0 Å². The van der Waals surface area contributed by atoms with E-state index in [-0.39, 0.29) is 11.8 Å². The van der Waals surface area contributed by atoms with Crippen LogP contribution in [0.3, 0.4) is 0 Å². The van der Waals surface area contributed by atoms with Crippen molar-refractivity contribution in [1.82, 2.24) is 10.3 Å². The summed E-state index contributed by atoms with van der Waals surface area (Å²) < 4.78 is 0. The Morgan fingerprint density at radius 3 is 2.58 bits per heavy atom. The Bertz CT molecular complexity index is 1100. The molecule has 1 heterocycles. The molecule has 1 N–H and O–H groups in total. The van der Waals surface area contributed by atoms with Gasteiger partial charge in [-0.15, -0.1) is 0 Å². The van der Waals surface area contributed by atoms with Crippen LogP contribution >= 0.6 is 35.0 Å². The molecule has 0 aliphatic carbocycles. The van der Waals surface area contributed by atoms with Crippen molar-refractivity contribution in [3.05, 3.63) is 68.7 Å². The highest BCUT2D eigenvalue weighted by molar-refractivity contribution is 7.99. The van der Waals surface area contributed by atoms with Crippen LogP contribution in [0.5, 0.6) is 0 Å². The number of rotatable bonds is 8. The maximum absolute atomic E-state index is 12.5. The van der Waals surface area contributed by atoms with Gasteiger partial charge in [-0.05, 0) is 68.1 Å². The lowest BCUT2D eigenvalue weighted by atomic mass is 9.94. The monoisotopic (exact) mass is 474 g/mol. The van der Waals surface area contributed by atoms with E-state index in [2.05, 4.69) is 51.2 Å². The molecule has 3 aromatic rings. The van der Waals surface area contributed by atoms with Gasteiger partial charge in [-0.25, -0.2) is 4.98 Å². The number of hydrogen-bond acceptors (Lipinski definition) is 3. The minimum atomic E-state index is -0.00336. The van der Waals surface area contributed by atoms with E-state index in [1.54, 1.807) is 6.07 Å². The van der Waals surface area contributed by atoms with Crippen LogP contribution in [-0.4, -0.2) is 23.2 Å². The van der Waals surface area contributed by atoms with E-state index < -0.39 is 0 Å². The molecule has 0 radical (unpaired) electrons. The summed E-state index contributed by atoms with van der Waals surface area (Å²) >= 11 is 13.9. The van der Waals surface area contributed by atoms with Crippen LogP contribution in [0.15, 0.2) is 41.4 Å². The highest BCUT2D eigenvalue weighted by Crippen LogP contribution is 2.30. The number of pyridine rings is 1. The molecular formula is C25H28Cl2N2OS. The van der Waals surface area contributed by atoms with Crippen LogP contribution in [-0.2, 0) is 4.79 Å². The molecule has 2 aromatic carbocycles.